The number of benzene rings is 13. The molecule has 0 amide bonds. The Hall–Kier alpha value is -13.4. The molecule has 0 aliphatic carbocycles. The van der Waals surface area contributed by atoms with Crippen LogP contribution in [0.25, 0.3) is 144 Å². The summed E-state index contributed by atoms with van der Waals surface area (Å²) in [6.07, 6.45) is 14.9. The molecule has 0 unspecified atom stereocenters. The number of aryl methyl sites for hydroxylation is 2. The van der Waals surface area contributed by atoms with Crippen molar-refractivity contribution in [1.82, 2.24) is 29.9 Å². The molecule has 17 heteroatoms. The van der Waals surface area contributed by atoms with Gasteiger partial charge in [0, 0.05) is 132 Å². The molecule has 0 spiro atoms. The number of hydrogen-bond acceptors (Lipinski definition) is 9. The van der Waals surface area contributed by atoms with E-state index in [1.807, 2.05) is 122 Å². The first-order valence-electron chi connectivity index (χ1n) is 47.9. The van der Waals surface area contributed by atoms with Crippen LogP contribution in [0.15, 0.2) is 390 Å². The van der Waals surface area contributed by atoms with Crippen molar-refractivity contribution in [3.05, 3.63) is 475 Å². The number of furan rings is 3. The number of rotatable bonds is 17. The normalized spacial score (nSPS) is 11.3. The summed E-state index contributed by atoms with van der Waals surface area (Å²) in [5, 5.41) is 10.9. The van der Waals surface area contributed by atoms with Crippen molar-refractivity contribution in [2.75, 3.05) is 0 Å². The Labute approximate surface area is 888 Å². The smallest absolute Gasteiger partial charge is 0.124 e. The SMILES string of the molecule is C[Si](C)(C)c1ccc(-c2[c-]cc(F)cc2)nc1.Cc1c[c-]c(-c2cc(-c3ccccc3)c([Si](C)(C)C)cn2)cc1.Cc1cc[c-]c(-c2cc(CC(C)(C)C)c([Si](C)(C)C)cn2)c1F.[Ir].[Ir].[Ir].[c-]1cc(Cc2ccccc2)c2c(oc3ccccc32)c1-c1ccccn1.[c-]1ccc2c(oc3c(Cc4ccccc4)cccc32)c1-c1ccccn1.[c-]1ccc2c(oc3ccc(Cc4ccccc4)cc32)c1-c1ccccn1. The topological polar surface area (TPSA) is 117 Å². The molecule has 0 fully saturated rings. The maximum atomic E-state index is 14.4. The molecule has 0 aliphatic heterocycles. The first kappa shape index (κ1) is 106. The molecule has 0 bridgehead atoms. The summed E-state index contributed by atoms with van der Waals surface area (Å²) < 4.78 is 46.0. The van der Waals surface area contributed by atoms with Gasteiger partial charge >= 0.3 is 0 Å². The Kier molecular flexibility index (Phi) is 35.4. The van der Waals surface area contributed by atoms with Crippen LogP contribution in [0, 0.1) is 67.3 Å². The fourth-order valence-electron chi connectivity index (χ4n) is 17.5. The van der Waals surface area contributed by atoms with E-state index in [9.17, 15) is 8.78 Å². The molecule has 0 saturated carbocycles. The molecule has 144 heavy (non-hydrogen) atoms. The van der Waals surface area contributed by atoms with Gasteiger partial charge in [-0.3, -0.25) is 8.78 Å². The van der Waals surface area contributed by atoms with Crippen LogP contribution in [0.5, 0.6) is 0 Å². The minimum absolute atomic E-state index is 0. The van der Waals surface area contributed by atoms with Crippen LogP contribution in [0.3, 0.4) is 0 Å². The predicted molar refractivity (Wildman–Crippen MR) is 588 cm³/mol. The Bertz CT molecular complexity index is 8010. The summed E-state index contributed by atoms with van der Waals surface area (Å²) >= 11 is 0. The van der Waals surface area contributed by atoms with E-state index in [-0.39, 0.29) is 77.4 Å². The Balaban J connectivity index is 0.000000137. The van der Waals surface area contributed by atoms with Crippen LogP contribution in [-0.2, 0) is 86.0 Å². The Morgan fingerprint density at radius 3 is 1.38 bits per heavy atom. The van der Waals surface area contributed by atoms with Crippen LogP contribution < -0.4 is 15.6 Å². The molecule has 22 aromatic rings. The fourth-order valence-corrected chi connectivity index (χ4v) is 21.6. The Morgan fingerprint density at radius 1 is 0.319 bits per heavy atom. The average molecular weight is 2470 g/mol. The van der Waals surface area contributed by atoms with E-state index >= 15 is 0 Å². The van der Waals surface area contributed by atoms with Crippen LogP contribution in [-0.4, -0.2) is 54.1 Å². The van der Waals surface area contributed by atoms with E-state index in [1.54, 1.807) is 43.7 Å². The van der Waals surface area contributed by atoms with Gasteiger partial charge in [0.25, 0.3) is 0 Å². The molecule has 727 valence electrons. The third-order valence-corrected chi connectivity index (χ3v) is 30.8. The largest absolute Gasteiger partial charge is 0.501 e. The zero-order valence-corrected chi connectivity index (χ0v) is 93.5. The molecule has 9 nitrogen and oxygen atoms in total. The molecule has 22 rings (SSSR count). The molecular weight excluding hydrogens is 2360 g/mol. The summed E-state index contributed by atoms with van der Waals surface area (Å²) in [5.41, 5.74) is 29.0. The van der Waals surface area contributed by atoms with Crippen molar-refractivity contribution < 1.29 is 82.3 Å². The molecule has 9 aromatic heterocycles. The summed E-state index contributed by atoms with van der Waals surface area (Å²) in [7, 11) is -4.26. The number of hydrogen-bond donors (Lipinski definition) is 0. The zero-order chi connectivity index (χ0) is 98.4. The van der Waals surface area contributed by atoms with Gasteiger partial charge in [0.2, 0.25) is 0 Å². The van der Waals surface area contributed by atoms with Gasteiger partial charge in [-0.1, -0.05) is 373 Å². The van der Waals surface area contributed by atoms with Gasteiger partial charge in [-0.15, -0.1) is 138 Å². The minimum atomic E-state index is -1.49. The summed E-state index contributed by atoms with van der Waals surface area (Å²) in [6, 6.07) is 133. The monoisotopic (exact) mass is 2470 g/mol. The number of nitrogens with zero attached hydrogens (tertiary/aromatic N) is 6. The maximum Gasteiger partial charge on any atom is 0.124 e. The van der Waals surface area contributed by atoms with Gasteiger partial charge in [-0.25, -0.2) is 0 Å². The summed E-state index contributed by atoms with van der Waals surface area (Å²) in [5.74, 6) is -0.491. The standard InChI is InChI=1S/3C24H16NO.C21H22NSi.C20H27FNSi.C14H15FNSi.3Ir/c1-2-8-17(9-3-1)16-18-10-6-11-19-20-12-7-13-21(24(20)26-23(18)19)22-14-4-5-15-25-22;1-2-8-17(9-3-1)16-18-13-14-19(21-11-6-7-15-25-21)24-23(18)20-10-4-5-12-22(20)26-24;1-2-7-17(8-3-1)15-18-12-13-23-21(16-18)19-9-6-10-20(24(19)26-23)22-11-4-5-14-25-22;1-16-10-12-18(13-11-16)20-14-19(17-8-6-5-7-9-17)21(15-22-20)23(2,3)4;1-14-9-8-10-16(19(14)21)17-11-15(12-20(2,3)4)18(13-22-17)23(5,6)7;1-17(2,3)13-8-9-14(16-10-13)11-4-6-12(15)7-5-11;;;/h1-12,14-15H,16H2;1-13,15H,16H2;1-9,11-14,16H,15H2;5-12,14-15H,1-4H3;8-9,11,13H,12H2,1-7H3;4,6-10H,1-3H3;;;/q6*-1;;;. The molecule has 3 radical (unpaired) electrons. The molecule has 9 heterocycles. The van der Waals surface area contributed by atoms with Gasteiger partial charge < -0.3 is 43.2 Å². The Morgan fingerprint density at radius 2 is 0.812 bits per heavy atom. The zero-order valence-electron chi connectivity index (χ0n) is 83.3. The van der Waals surface area contributed by atoms with Crippen molar-refractivity contribution in [2.45, 2.75) is 119 Å². The molecular formula is C127H112F2Ir3N6O3Si3-6. The summed E-state index contributed by atoms with van der Waals surface area (Å²) in [6.45, 7) is 31.5. The second-order valence-electron chi connectivity index (χ2n) is 39.8. The van der Waals surface area contributed by atoms with Crippen LogP contribution in [0.1, 0.15) is 70.8 Å². The van der Waals surface area contributed by atoms with E-state index in [4.69, 9.17) is 18.2 Å². The molecule has 0 saturated heterocycles. The molecule has 0 N–H and O–H groups in total. The molecule has 0 atom stereocenters. The van der Waals surface area contributed by atoms with E-state index in [1.165, 1.54) is 83.3 Å². The second-order valence-corrected chi connectivity index (χ2v) is 55.0. The van der Waals surface area contributed by atoms with Crippen LogP contribution in [0.4, 0.5) is 8.78 Å². The average Bonchev–Trinajstić information content (AvgIpc) is 1.62. The van der Waals surface area contributed by atoms with E-state index < -0.39 is 24.2 Å². The van der Waals surface area contributed by atoms with E-state index in [0.717, 1.165) is 148 Å². The van der Waals surface area contributed by atoms with Crippen LogP contribution in [0.2, 0.25) is 58.9 Å². The van der Waals surface area contributed by atoms with E-state index in [2.05, 4.69) is 354 Å². The van der Waals surface area contributed by atoms with E-state index in [0.29, 0.717) is 16.8 Å². The van der Waals surface area contributed by atoms with Crippen molar-refractivity contribution in [3.8, 4) is 78.7 Å². The first-order valence-corrected chi connectivity index (χ1v) is 58.4. The van der Waals surface area contributed by atoms with Crippen molar-refractivity contribution in [1.29, 1.82) is 0 Å². The number of aromatic nitrogens is 6. The van der Waals surface area contributed by atoms with Crippen LogP contribution >= 0.6 is 0 Å². The predicted octanol–water partition coefficient (Wildman–Crippen LogP) is 31.5. The second kappa shape index (κ2) is 47.9. The van der Waals surface area contributed by atoms with Gasteiger partial charge in [0.05, 0.1) is 41.0 Å². The molecule has 0 aliphatic rings. The third kappa shape index (κ3) is 26.2. The number of para-hydroxylation sites is 2. The minimum Gasteiger partial charge on any atom is -0.501 e. The van der Waals surface area contributed by atoms with Gasteiger partial charge in [-0.2, -0.15) is 0 Å². The fraction of sp³-hybridized carbons (Fsp3) is 0.150. The quantitative estimate of drug-likeness (QED) is 0.0649. The van der Waals surface area contributed by atoms with Crippen molar-refractivity contribution >= 4 is 106 Å². The van der Waals surface area contributed by atoms with Crippen molar-refractivity contribution in [3.63, 3.8) is 0 Å². The van der Waals surface area contributed by atoms with Gasteiger partial charge in [0.1, 0.15) is 16.7 Å². The molecule has 13 aromatic carbocycles. The summed E-state index contributed by atoms with van der Waals surface area (Å²) in [4.78, 5) is 27.1. The first-order chi connectivity index (χ1) is 68.1. The number of fused-ring (bicyclic) bond motifs is 9. The third-order valence-electron chi connectivity index (χ3n) is 24.7. The number of pyridine rings is 6. The maximum absolute atomic E-state index is 14.4. The van der Waals surface area contributed by atoms with Gasteiger partial charge in [0.15, 0.2) is 0 Å². The number of halogens is 2. The van der Waals surface area contributed by atoms with Crippen molar-refractivity contribution in [2.24, 2.45) is 5.41 Å². The van der Waals surface area contributed by atoms with Gasteiger partial charge in [-0.05, 0) is 144 Å².